The van der Waals surface area contributed by atoms with E-state index in [0.717, 1.165) is 24.8 Å². The zero-order chi connectivity index (χ0) is 16.1. The summed E-state index contributed by atoms with van der Waals surface area (Å²) >= 11 is 0. The van der Waals surface area contributed by atoms with E-state index in [0.29, 0.717) is 0 Å². The predicted octanol–water partition coefficient (Wildman–Crippen LogP) is 3.26. The van der Waals surface area contributed by atoms with Crippen LogP contribution in [0.15, 0.2) is 42.5 Å². The van der Waals surface area contributed by atoms with E-state index < -0.39 is 0 Å². The number of aromatic hydroxyl groups is 3. The molecule has 5 N–H and O–H groups in total. The van der Waals surface area contributed by atoms with Crippen LogP contribution in [0.5, 0.6) is 17.2 Å². The smallest absolute Gasteiger partial charge is 0.157 e. The van der Waals surface area contributed by atoms with Crippen LogP contribution >= 0.6 is 0 Å². The van der Waals surface area contributed by atoms with Crippen LogP contribution in [0.3, 0.4) is 0 Å². The lowest BCUT2D eigenvalue weighted by Crippen LogP contribution is -2.25. The summed E-state index contributed by atoms with van der Waals surface area (Å²) in [6, 6.07) is 12.1. The zero-order valence-corrected chi connectivity index (χ0v) is 12.7. The Hall–Kier alpha value is -2.20. The average molecular weight is 301 g/mol. The summed E-state index contributed by atoms with van der Waals surface area (Å²) in [6.45, 7) is 1.95. The third-order valence-electron chi connectivity index (χ3n) is 3.98. The normalized spacial score (nSPS) is 13.7. The van der Waals surface area contributed by atoms with Gasteiger partial charge in [0.25, 0.3) is 0 Å². The first-order chi connectivity index (χ1) is 10.5. The topological polar surface area (TPSA) is 86.7 Å². The van der Waals surface area contributed by atoms with Gasteiger partial charge in [0.1, 0.15) is 5.75 Å². The molecule has 2 rings (SSSR count). The van der Waals surface area contributed by atoms with Gasteiger partial charge in [-0.3, -0.25) is 0 Å². The largest absolute Gasteiger partial charge is 0.508 e. The molecule has 0 bridgehead atoms. The van der Waals surface area contributed by atoms with E-state index in [1.165, 1.54) is 11.6 Å². The molecular formula is C18H23NO3. The Balaban J connectivity index is 1.99. The molecule has 0 spiro atoms. The first-order valence-electron chi connectivity index (χ1n) is 7.52. The van der Waals surface area contributed by atoms with Gasteiger partial charge in [0.2, 0.25) is 0 Å². The fraction of sp³-hybridized carbons (Fsp3) is 0.333. The van der Waals surface area contributed by atoms with Crippen molar-refractivity contribution in [2.24, 2.45) is 5.73 Å². The number of aryl methyl sites for hydroxylation is 1. The van der Waals surface area contributed by atoms with E-state index in [9.17, 15) is 15.3 Å². The maximum absolute atomic E-state index is 9.65. The number of hydrogen-bond acceptors (Lipinski definition) is 4. The standard InChI is InChI=1S/C18H23NO3/c1-12(19)16(14-7-10-17(21)18(22)11-14)4-2-3-13-5-8-15(20)9-6-13/h5-12,16,20-22H,2-4,19H2,1H3. The van der Waals surface area contributed by atoms with Crippen LogP contribution in [0.1, 0.15) is 36.8 Å². The van der Waals surface area contributed by atoms with E-state index in [4.69, 9.17) is 5.73 Å². The van der Waals surface area contributed by atoms with Crippen LogP contribution in [0.2, 0.25) is 0 Å². The van der Waals surface area contributed by atoms with Crippen molar-refractivity contribution in [3.05, 3.63) is 53.6 Å². The first-order valence-corrected chi connectivity index (χ1v) is 7.52. The molecule has 0 radical (unpaired) electrons. The van der Waals surface area contributed by atoms with E-state index in [-0.39, 0.29) is 29.2 Å². The molecule has 2 aromatic rings. The summed E-state index contributed by atoms with van der Waals surface area (Å²) in [5, 5.41) is 28.3. The molecule has 0 fully saturated rings. The van der Waals surface area contributed by atoms with Crippen LogP contribution in [-0.4, -0.2) is 21.4 Å². The summed E-state index contributed by atoms with van der Waals surface area (Å²) in [5.41, 5.74) is 8.20. The van der Waals surface area contributed by atoms with Crippen molar-refractivity contribution >= 4 is 0 Å². The van der Waals surface area contributed by atoms with Crippen LogP contribution in [0, 0.1) is 0 Å². The molecule has 2 unspecified atom stereocenters. The highest BCUT2D eigenvalue weighted by molar-refractivity contribution is 5.42. The molecule has 0 amide bonds. The van der Waals surface area contributed by atoms with Crippen molar-refractivity contribution in [1.82, 2.24) is 0 Å². The van der Waals surface area contributed by atoms with Crippen LogP contribution < -0.4 is 5.73 Å². The van der Waals surface area contributed by atoms with Gasteiger partial charge in [-0.2, -0.15) is 0 Å². The minimum Gasteiger partial charge on any atom is -0.508 e. The van der Waals surface area contributed by atoms with Crippen molar-refractivity contribution in [2.45, 2.75) is 38.1 Å². The van der Waals surface area contributed by atoms with E-state index >= 15 is 0 Å². The van der Waals surface area contributed by atoms with Gasteiger partial charge < -0.3 is 21.1 Å². The lowest BCUT2D eigenvalue weighted by Gasteiger charge is -2.21. The van der Waals surface area contributed by atoms with Gasteiger partial charge in [-0.1, -0.05) is 18.2 Å². The molecule has 2 atom stereocenters. The van der Waals surface area contributed by atoms with E-state index in [2.05, 4.69) is 0 Å². The van der Waals surface area contributed by atoms with Crippen LogP contribution in [-0.2, 0) is 6.42 Å². The Bertz CT molecular complexity index is 608. The Labute approximate surface area is 130 Å². The lowest BCUT2D eigenvalue weighted by molar-refractivity contribution is 0.401. The molecule has 118 valence electrons. The molecule has 0 aliphatic heterocycles. The number of rotatable bonds is 6. The van der Waals surface area contributed by atoms with Gasteiger partial charge in [-0.05, 0) is 67.5 Å². The Morgan fingerprint density at radius 1 is 0.955 bits per heavy atom. The number of nitrogens with two attached hydrogens (primary N) is 1. The maximum atomic E-state index is 9.65. The van der Waals surface area contributed by atoms with Gasteiger partial charge in [-0.15, -0.1) is 0 Å². The molecule has 4 nitrogen and oxygen atoms in total. The highest BCUT2D eigenvalue weighted by Crippen LogP contribution is 2.32. The SMILES string of the molecule is CC(N)C(CCCc1ccc(O)cc1)c1ccc(O)c(O)c1. The van der Waals surface area contributed by atoms with Crippen molar-refractivity contribution in [3.8, 4) is 17.2 Å². The second-order valence-corrected chi connectivity index (χ2v) is 5.77. The van der Waals surface area contributed by atoms with Crippen molar-refractivity contribution < 1.29 is 15.3 Å². The fourth-order valence-corrected chi connectivity index (χ4v) is 2.69. The summed E-state index contributed by atoms with van der Waals surface area (Å²) in [4.78, 5) is 0. The minimum atomic E-state index is -0.115. The Kier molecular flexibility index (Phi) is 5.28. The summed E-state index contributed by atoms with van der Waals surface area (Å²) in [6.07, 6.45) is 2.76. The van der Waals surface area contributed by atoms with Gasteiger partial charge in [-0.25, -0.2) is 0 Å². The fourth-order valence-electron chi connectivity index (χ4n) is 2.69. The van der Waals surface area contributed by atoms with Crippen LogP contribution in [0.4, 0.5) is 0 Å². The van der Waals surface area contributed by atoms with Crippen molar-refractivity contribution in [1.29, 1.82) is 0 Å². The number of phenolic OH excluding ortho intramolecular Hbond substituents is 3. The van der Waals surface area contributed by atoms with E-state index in [1.807, 2.05) is 25.1 Å². The third kappa shape index (κ3) is 4.15. The number of hydrogen-bond donors (Lipinski definition) is 4. The second kappa shape index (κ2) is 7.18. The highest BCUT2D eigenvalue weighted by atomic mass is 16.3. The maximum Gasteiger partial charge on any atom is 0.157 e. The summed E-state index contributed by atoms with van der Waals surface area (Å²) in [7, 11) is 0. The molecule has 0 aliphatic rings. The molecule has 4 heteroatoms. The van der Waals surface area contributed by atoms with Crippen LogP contribution in [0.25, 0.3) is 0 Å². The van der Waals surface area contributed by atoms with Gasteiger partial charge >= 0.3 is 0 Å². The Morgan fingerprint density at radius 2 is 1.64 bits per heavy atom. The van der Waals surface area contributed by atoms with Crippen molar-refractivity contribution in [2.75, 3.05) is 0 Å². The summed E-state index contributed by atoms with van der Waals surface area (Å²) in [5.74, 6) is 0.179. The highest BCUT2D eigenvalue weighted by Gasteiger charge is 2.17. The Morgan fingerprint density at radius 3 is 2.23 bits per heavy atom. The first kappa shape index (κ1) is 16.2. The van der Waals surface area contributed by atoms with Gasteiger partial charge in [0.05, 0.1) is 0 Å². The molecular weight excluding hydrogens is 278 g/mol. The monoisotopic (exact) mass is 301 g/mol. The molecule has 2 aromatic carbocycles. The zero-order valence-electron chi connectivity index (χ0n) is 12.7. The lowest BCUT2D eigenvalue weighted by atomic mass is 9.87. The molecule has 0 aliphatic carbocycles. The molecule has 0 heterocycles. The van der Waals surface area contributed by atoms with Gasteiger partial charge in [0.15, 0.2) is 11.5 Å². The molecule has 0 saturated carbocycles. The van der Waals surface area contributed by atoms with E-state index in [1.54, 1.807) is 18.2 Å². The quantitative estimate of drug-likeness (QED) is 0.617. The average Bonchev–Trinajstić information content (AvgIpc) is 2.48. The number of benzene rings is 2. The molecule has 0 aromatic heterocycles. The third-order valence-corrected chi connectivity index (χ3v) is 3.98. The summed E-state index contributed by atoms with van der Waals surface area (Å²) < 4.78 is 0. The molecule has 22 heavy (non-hydrogen) atoms. The minimum absolute atomic E-state index is 0.0382. The predicted molar refractivity (Wildman–Crippen MR) is 87.2 cm³/mol. The molecule has 0 saturated heterocycles. The van der Waals surface area contributed by atoms with Gasteiger partial charge in [0, 0.05) is 6.04 Å². The second-order valence-electron chi connectivity index (χ2n) is 5.77. The van der Waals surface area contributed by atoms with Crippen molar-refractivity contribution in [3.63, 3.8) is 0 Å². The number of phenols is 3.